The molecule has 0 spiro atoms. The number of fused-ring (bicyclic) bond motifs is 1. The smallest absolute Gasteiger partial charge is 0.132 e. The predicted molar refractivity (Wildman–Crippen MR) is 90.4 cm³/mol. The molecule has 0 amide bonds. The molecule has 3 nitrogen and oxygen atoms in total. The zero-order valence-electron chi connectivity index (χ0n) is 11.8. The van der Waals surface area contributed by atoms with Crippen LogP contribution >= 0.6 is 12.6 Å². The normalized spacial score (nSPS) is 18.4. The van der Waals surface area contributed by atoms with Crippen molar-refractivity contribution in [2.45, 2.75) is 30.2 Å². The van der Waals surface area contributed by atoms with Gasteiger partial charge < -0.3 is 11.5 Å². The van der Waals surface area contributed by atoms with E-state index in [4.69, 9.17) is 11.5 Å². The quantitative estimate of drug-likeness (QED) is 0.452. The Labute approximate surface area is 130 Å². The number of aliphatic imine (C=N–C) groups is 1. The summed E-state index contributed by atoms with van der Waals surface area (Å²) in [6.45, 7) is 0. The van der Waals surface area contributed by atoms with Gasteiger partial charge in [-0.05, 0) is 48.6 Å². The van der Waals surface area contributed by atoms with Crippen LogP contribution in [0.4, 0.5) is 5.69 Å². The van der Waals surface area contributed by atoms with E-state index in [0.717, 1.165) is 35.4 Å². The summed E-state index contributed by atoms with van der Waals surface area (Å²) in [6.07, 6.45) is 3.29. The summed E-state index contributed by atoms with van der Waals surface area (Å²) in [7, 11) is 0. The Balaban J connectivity index is 1.96. The molecule has 0 saturated carbocycles. The second-order valence-electron chi connectivity index (χ2n) is 5.40. The summed E-state index contributed by atoms with van der Waals surface area (Å²) in [5.41, 5.74) is 16.5. The fraction of sp³-hybridized carbons (Fsp3) is 0.235. The van der Waals surface area contributed by atoms with Crippen LogP contribution in [0.15, 0.2) is 52.4 Å². The summed E-state index contributed by atoms with van der Waals surface area (Å²) < 4.78 is 0. The van der Waals surface area contributed by atoms with E-state index in [1.165, 1.54) is 11.1 Å². The van der Waals surface area contributed by atoms with E-state index in [-0.39, 0.29) is 6.04 Å². The van der Waals surface area contributed by atoms with E-state index < -0.39 is 0 Å². The second-order valence-corrected chi connectivity index (χ2v) is 5.88. The predicted octanol–water partition coefficient (Wildman–Crippen LogP) is 3.35. The minimum Gasteiger partial charge on any atom is -0.383 e. The SMILES string of the molecule is NC(=Nc1ccc2c(c1)C(N)CCC2)c1ccccc1S. The first-order valence-electron chi connectivity index (χ1n) is 7.16. The van der Waals surface area contributed by atoms with Gasteiger partial charge in [-0.2, -0.15) is 0 Å². The van der Waals surface area contributed by atoms with Gasteiger partial charge in [-0.3, -0.25) is 0 Å². The summed E-state index contributed by atoms with van der Waals surface area (Å²) in [6, 6.07) is 14.0. The third-order valence-corrected chi connectivity index (χ3v) is 4.31. The van der Waals surface area contributed by atoms with Crippen molar-refractivity contribution in [3.05, 3.63) is 59.2 Å². The number of hydrogen-bond donors (Lipinski definition) is 3. The zero-order valence-corrected chi connectivity index (χ0v) is 12.7. The summed E-state index contributed by atoms with van der Waals surface area (Å²) in [5, 5.41) is 0. The van der Waals surface area contributed by atoms with E-state index >= 15 is 0 Å². The van der Waals surface area contributed by atoms with Crippen molar-refractivity contribution in [3.8, 4) is 0 Å². The number of nitrogens with zero attached hydrogens (tertiary/aromatic N) is 1. The molecule has 2 aromatic rings. The highest BCUT2D eigenvalue weighted by molar-refractivity contribution is 7.80. The average molecular weight is 297 g/mol. The van der Waals surface area contributed by atoms with Crippen LogP contribution in [0.25, 0.3) is 0 Å². The van der Waals surface area contributed by atoms with E-state index in [2.05, 4.69) is 29.8 Å². The van der Waals surface area contributed by atoms with Gasteiger partial charge in [-0.1, -0.05) is 24.3 Å². The van der Waals surface area contributed by atoms with Crippen LogP contribution in [0.2, 0.25) is 0 Å². The summed E-state index contributed by atoms with van der Waals surface area (Å²) in [4.78, 5) is 5.35. The molecule has 1 unspecified atom stereocenters. The van der Waals surface area contributed by atoms with Gasteiger partial charge in [0.05, 0.1) is 5.69 Å². The Bertz CT molecular complexity index is 694. The molecule has 0 aromatic heterocycles. The van der Waals surface area contributed by atoms with Gasteiger partial charge in [0.25, 0.3) is 0 Å². The molecule has 0 bridgehead atoms. The Hall–Kier alpha value is -1.78. The maximum absolute atomic E-state index is 6.19. The van der Waals surface area contributed by atoms with E-state index in [1.807, 2.05) is 30.3 Å². The molecule has 0 radical (unpaired) electrons. The summed E-state index contributed by atoms with van der Waals surface area (Å²) >= 11 is 4.42. The fourth-order valence-corrected chi connectivity index (χ4v) is 3.06. The Morgan fingerprint density at radius 1 is 1.19 bits per heavy atom. The van der Waals surface area contributed by atoms with Gasteiger partial charge >= 0.3 is 0 Å². The van der Waals surface area contributed by atoms with Crippen LogP contribution in [-0.2, 0) is 6.42 Å². The van der Waals surface area contributed by atoms with Gasteiger partial charge in [0.2, 0.25) is 0 Å². The lowest BCUT2D eigenvalue weighted by molar-refractivity contribution is 0.570. The Morgan fingerprint density at radius 3 is 2.81 bits per heavy atom. The van der Waals surface area contributed by atoms with Gasteiger partial charge in [-0.25, -0.2) is 4.99 Å². The van der Waals surface area contributed by atoms with Gasteiger partial charge in [0.1, 0.15) is 5.84 Å². The molecule has 0 saturated heterocycles. The van der Waals surface area contributed by atoms with Crippen LogP contribution in [-0.4, -0.2) is 5.84 Å². The topological polar surface area (TPSA) is 64.4 Å². The maximum atomic E-state index is 6.19. The Kier molecular flexibility index (Phi) is 3.99. The number of benzene rings is 2. The van der Waals surface area contributed by atoms with Crippen LogP contribution < -0.4 is 11.5 Å². The largest absolute Gasteiger partial charge is 0.383 e. The molecule has 1 atom stereocenters. The van der Waals surface area contributed by atoms with Gasteiger partial charge in [0, 0.05) is 16.5 Å². The molecule has 1 aliphatic rings. The second kappa shape index (κ2) is 5.92. The van der Waals surface area contributed by atoms with Gasteiger partial charge in [0.15, 0.2) is 0 Å². The number of hydrogen-bond acceptors (Lipinski definition) is 3. The standard InChI is InChI=1S/C17H19N3S/c18-15-6-3-4-11-8-9-12(10-14(11)15)20-17(19)13-5-1-2-7-16(13)21/h1-2,5,7-10,15,21H,3-4,6,18H2,(H2,19,20). The number of amidine groups is 1. The maximum Gasteiger partial charge on any atom is 0.132 e. The van der Waals surface area contributed by atoms with E-state index in [9.17, 15) is 0 Å². The molecule has 2 aromatic carbocycles. The molecule has 0 heterocycles. The third kappa shape index (κ3) is 2.96. The number of thiol groups is 1. The third-order valence-electron chi connectivity index (χ3n) is 3.92. The van der Waals surface area contributed by atoms with Crippen LogP contribution in [0.1, 0.15) is 35.6 Å². The highest BCUT2D eigenvalue weighted by Gasteiger charge is 2.16. The first kappa shape index (κ1) is 14.2. The van der Waals surface area contributed by atoms with Crippen molar-refractivity contribution >= 4 is 24.2 Å². The molecule has 0 fully saturated rings. The van der Waals surface area contributed by atoms with Crippen molar-refractivity contribution in [2.75, 3.05) is 0 Å². The lowest BCUT2D eigenvalue weighted by Gasteiger charge is -2.22. The molecule has 1 aliphatic carbocycles. The number of aryl methyl sites for hydroxylation is 1. The van der Waals surface area contributed by atoms with Crippen LogP contribution in [0.5, 0.6) is 0 Å². The fourth-order valence-electron chi connectivity index (χ4n) is 2.78. The first-order valence-corrected chi connectivity index (χ1v) is 7.61. The minimum atomic E-state index is 0.113. The van der Waals surface area contributed by atoms with Crippen LogP contribution in [0.3, 0.4) is 0 Å². The molecular formula is C17H19N3S. The lowest BCUT2D eigenvalue weighted by atomic mass is 9.88. The van der Waals surface area contributed by atoms with Crippen molar-refractivity contribution in [1.82, 2.24) is 0 Å². The van der Waals surface area contributed by atoms with Crippen molar-refractivity contribution < 1.29 is 0 Å². The minimum absolute atomic E-state index is 0.113. The van der Waals surface area contributed by atoms with Crippen LogP contribution in [0, 0.1) is 0 Å². The average Bonchev–Trinajstić information content (AvgIpc) is 2.48. The van der Waals surface area contributed by atoms with E-state index in [0.29, 0.717) is 5.84 Å². The molecule has 3 rings (SSSR count). The molecular weight excluding hydrogens is 278 g/mol. The summed E-state index contributed by atoms with van der Waals surface area (Å²) in [5.74, 6) is 0.477. The molecule has 4 heteroatoms. The lowest BCUT2D eigenvalue weighted by Crippen LogP contribution is -2.17. The highest BCUT2D eigenvalue weighted by atomic mass is 32.1. The number of rotatable bonds is 2. The van der Waals surface area contributed by atoms with Crippen molar-refractivity contribution in [2.24, 2.45) is 16.5 Å². The monoisotopic (exact) mass is 297 g/mol. The molecule has 108 valence electrons. The zero-order chi connectivity index (χ0) is 14.8. The van der Waals surface area contributed by atoms with E-state index in [1.54, 1.807) is 0 Å². The molecule has 4 N–H and O–H groups in total. The molecule has 21 heavy (non-hydrogen) atoms. The Morgan fingerprint density at radius 2 is 2.00 bits per heavy atom. The first-order chi connectivity index (χ1) is 10.1. The highest BCUT2D eigenvalue weighted by Crippen LogP contribution is 2.31. The van der Waals surface area contributed by atoms with Crippen molar-refractivity contribution in [1.29, 1.82) is 0 Å². The van der Waals surface area contributed by atoms with Gasteiger partial charge in [-0.15, -0.1) is 12.6 Å². The van der Waals surface area contributed by atoms with Crippen molar-refractivity contribution in [3.63, 3.8) is 0 Å². The number of nitrogens with two attached hydrogens (primary N) is 2. The molecule has 0 aliphatic heterocycles.